The summed E-state index contributed by atoms with van der Waals surface area (Å²) in [5.41, 5.74) is 5.27. The van der Waals surface area contributed by atoms with Crippen LogP contribution in [0, 0.1) is 5.92 Å². The number of aliphatic hydroxyl groups is 1. The molecule has 1 heterocycles. The van der Waals surface area contributed by atoms with Gasteiger partial charge < -0.3 is 19.9 Å². The molecule has 0 bridgehead atoms. The molecular weight excluding hydrogens is 500 g/mol. The van der Waals surface area contributed by atoms with Crippen molar-refractivity contribution in [2.24, 2.45) is 5.92 Å². The van der Waals surface area contributed by atoms with Gasteiger partial charge in [0.15, 0.2) is 6.29 Å². The van der Waals surface area contributed by atoms with Crippen molar-refractivity contribution in [1.82, 2.24) is 4.90 Å². The Labute approximate surface area is 236 Å². The van der Waals surface area contributed by atoms with E-state index in [-0.39, 0.29) is 30.6 Å². The Hall–Kier alpha value is -3.81. The number of hydrogen-bond donors (Lipinski definition) is 2. The standard InChI is InChI=1S/C34H36N2O4/c1-24-31(22-36(2)21-25-10-5-3-6-11-25)39-34(40-32(24)27-18-16-26(23-37)17-19-27)29-14-9-15-30(20-29)35-33(38)28-12-7-4-8-13-28/h3-20,24,31-32,34,37H,21-23H2,1-2H3,(H,35,38)/t24-,31+,32+,34+/m0/s1. The molecular formula is C34H36N2O4. The predicted molar refractivity (Wildman–Crippen MR) is 157 cm³/mol. The molecule has 0 radical (unpaired) electrons. The van der Waals surface area contributed by atoms with Crippen LogP contribution in [0.2, 0.25) is 0 Å². The van der Waals surface area contributed by atoms with Crippen LogP contribution in [0.1, 0.15) is 51.9 Å². The third-order valence-electron chi connectivity index (χ3n) is 7.36. The van der Waals surface area contributed by atoms with E-state index >= 15 is 0 Å². The van der Waals surface area contributed by atoms with E-state index in [4.69, 9.17) is 9.47 Å². The number of aliphatic hydroxyl groups excluding tert-OH is 1. The normalized spacial score (nSPS) is 20.8. The maximum Gasteiger partial charge on any atom is 0.255 e. The van der Waals surface area contributed by atoms with E-state index in [1.165, 1.54) is 5.56 Å². The smallest absolute Gasteiger partial charge is 0.255 e. The number of carbonyl (C=O) groups is 1. The van der Waals surface area contributed by atoms with Crippen LogP contribution < -0.4 is 5.32 Å². The highest BCUT2D eigenvalue weighted by atomic mass is 16.7. The number of nitrogens with zero attached hydrogens (tertiary/aromatic N) is 1. The summed E-state index contributed by atoms with van der Waals surface area (Å²) in [5, 5.41) is 12.5. The van der Waals surface area contributed by atoms with Gasteiger partial charge in [0.05, 0.1) is 18.8 Å². The summed E-state index contributed by atoms with van der Waals surface area (Å²) in [6, 6.07) is 35.1. The van der Waals surface area contributed by atoms with Crippen molar-refractivity contribution in [3.8, 4) is 0 Å². The van der Waals surface area contributed by atoms with Gasteiger partial charge in [-0.15, -0.1) is 0 Å². The molecule has 1 amide bonds. The van der Waals surface area contributed by atoms with E-state index in [0.717, 1.165) is 29.8 Å². The van der Waals surface area contributed by atoms with Crippen LogP contribution in [0.3, 0.4) is 0 Å². The van der Waals surface area contributed by atoms with Crippen LogP contribution in [-0.2, 0) is 22.6 Å². The highest BCUT2D eigenvalue weighted by Gasteiger charge is 2.38. The molecule has 1 aliphatic heterocycles. The van der Waals surface area contributed by atoms with E-state index in [9.17, 15) is 9.90 Å². The van der Waals surface area contributed by atoms with Crippen molar-refractivity contribution in [2.45, 2.75) is 38.6 Å². The highest BCUT2D eigenvalue weighted by Crippen LogP contribution is 2.42. The molecule has 40 heavy (non-hydrogen) atoms. The zero-order valence-electron chi connectivity index (χ0n) is 22.9. The summed E-state index contributed by atoms with van der Waals surface area (Å²) < 4.78 is 13.2. The van der Waals surface area contributed by atoms with E-state index in [0.29, 0.717) is 11.3 Å². The largest absolute Gasteiger partial charge is 0.392 e. The monoisotopic (exact) mass is 536 g/mol. The summed E-state index contributed by atoms with van der Waals surface area (Å²) in [7, 11) is 2.11. The Kier molecular flexibility index (Phi) is 9.04. The Bertz CT molecular complexity index is 1380. The van der Waals surface area contributed by atoms with Gasteiger partial charge in [-0.2, -0.15) is 0 Å². The first kappa shape index (κ1) is 27.7. The molecule has 4 aromatic rings. The van der Waals surface area contributed by atoms with Crippen molar-refractivity contribution in [1.29, 1.82) is 0 Å². The van der Waals surface area contributed by atoms with Crippen LogP contribution in [-0.4, -0.2) is 35.6 Å². The quantitative estimate of drug-likeness (QED) is 0.261. The molecule has 6 heteroatoms. The summed E-state index contributed by atoms with van der Waals surface area (Å²) in [6.07, 6.45) is -0.913. The molecule has 0 aromatic heterocycles. The Morgan fingerprint density at radius 1 is 0.825 bits per heavy atom. The molecule has 0 aliphatic carbocycles. The lowest BCUT2D eigenvalue weighted by Crippen LogP contribution is -2.43. The number of ether oxygens (including phenoxy) is 2. The fraction of sp³-hybridized carbons (Fsp3) is 0.265. The third-order valence-corrected chi connectivity index (χ3v) is 7.36. The molecule has 5 rings (SSSR count). The van der Waals surface area contributed by atoms with Gasteiger partial charge in [0.25, 0.3) is 5.91 Å². The number of hydrogen-bond acceptors (Lipinski definition) is 5. The number of anilines is 1. The lowest BCUT2D eigenvalue weighted by molar-refractivity contribution is -0.276. The molecule has 4 atom stereocenters. The van der Waals surface area contributed by atoms with Gasteiger partial charge in [0, 0.05) is 35.8 Å². The lowest BCUT2D eigenvalue weighted by atomic mass is 9.90. The first-order valence-electron chi connectivity index (χ1n) is 13.7. The second-order valence-electron chi connectivity index (χ2n) is 10.4. The summed E-state index contributed by atoms with van der Waals surface area (Å²) in [5.74, 6) is -0.0884. The maximum absolute atomic E-state index is 12.8. The van der Waals surface area contributed by atoms with Crippen molar-refractivity contribution in [3.63, 3.8) is 0 Å². The SMILES string of the molecule is C[C@H]1[C@@H](CN(C)Cc2ccccc2)O[C@@H](c2cccc(NC(=O)c3ccccc3)c2)O[C@H]1c1ccc(CO)cc1. The average Bonchev–Trinajstić information content (AvgIpc) is 2.99. The third kappa shape index (κ3) is 6.84. The van der Waals surface area contributed by atoms with Gasteiger partial charge in [-0.3, -0.25) is 9.69 Å². The molecule has 1 fully saturated rings. The van der Waals surface area contributed by atoms with Crippen LogP contribution in [0.4, 0.5) is 5.69 Å². The van der Waals surface area contributed by atoms with Gasteiger partial charge in [-0.25, -0.2) is 0 Å². The van der Waals surface area contributed by atoms with Crippen LogP contribution >= 0.6 is 0 Å². The second-order valence-corrected chi connectivity index (χ2v) is 10.4. The van der Waals surface area contributed by atoms with Crippen molar-refractivity contribution in [3.05, 3.63) is 137 Å². The van der Waals surface area contributed by atoms with Crippen molar-refractivity contribution < 1.29 is 19.4 Å². The molecule has 4 aromatic carbocycles. The van der Waals surface area contributed by atoms with Crippen LogP contribution in [0.5, 0.6) is 0 Å². The number of amides is 1. The van der Waals surface area contributed by atoms with E-state index in [2.05, 4.69) is 48.5 Å². The van der Waals surface area contributed by atoms with Crippen LogP contribution in [0.25, 0.3) is 0 Å². The Morgan fingerprint density at radius 2 is 1.52 bits per heavy atom. The fourth-order valence-electron chi connectivity index (χ4n) is 5.15. The number of nitrogens with one attached hydrogen (secondary N) is 1. The van der Waals surface area contributed by atoms with Gasteiger partial charge >= 0.3 is 0 Å². The number of carbonyl (C=O) groups excluding carboxylic acids is 1. The second kappa shape index (κ2) is 13.0. The molecule has 2 N–H and O–H groups in total. The maximum atomic E-state index is 12.8. The van der Waals surface area contributed by atoms with Gasteiger partial charge in [-0.1, -0.05) is 91.9 Å². The molecule has 1 saturated heterocycles. The predicted octanol–water partition coefficient (Wildman–Crippen LogP) is 6.35. The first-order valence-corrected chi connectivity index (χ1v) is 13.7. The fourth-order valence-corrected chi connectivity index (χ4v) is 5.15. The minimum absolute atomic E-state index is 0.00148. The molecule has 1 aliphatic rings. The van der Waals surface area contributed by atoms with Gasteiger partial charge in [0.1, 0.15) is 0 Å². The topological polar surface area (TPSA) is 71.0 Å². The van der Waals surface area contributed by atoms with E-state index in [1.807, 2.05) is 72.8 Å². The zero-order valence-corrected chi connectivity index (χ0v) is 22.9. The van der Waals surface area contributed by atoms with Crippen LogP contribution in [0.15, 0.2) is 109 Å². The minimum Gasteiger partial charge on any atom is -0.392 e. The minimum atomic E-state index is -0.609. The van der Waals surface area contributed by atoms with Gasteiger partial charge in [0.2, 0.25) is 0 Å². The summed E-state index contributed by atoms with van der Waals surface area (Å²) in [4.78, 5) is 15.0. The molecule has 6 nitrogen and oxygen atoms in total. The zero-order chi connectivity index (χ0) is 27.9. The number of benzene rings is 4. The highest BCUT2D eigenvalue weighted by molar-refractivity contribution is 6.04. The van der Waals surface area contributed by atoms with Crippen molar-refractivity contribution in [2.75, 3.05) is 18.9 Å². The van der Waals surface area contributed by atoms with Crippen molar-refractivity contribution >= 4 is 11.6 Å². The first-order chi connectivity index (χ1) is 19.5. The Morgan fingerprint density at radius 3 is 2.23 bits per heavy atom. The average molecular weight is 537 g/mol. The summed E-state index contributed by atoms with van der Waals surface area (Å²) in [6.45, 7) is 3.71. The summed E-state index contributed by atoms with van der Waals surface area (Å²) >= 11 is 0. The molecule has 0 saturated carbocycles. The molecule has 0 spiro atoms. The lowest BCUT2D eigenvalue weighted by Gasteiger charge is -2.42. The molecule has 0 unspecified atom stereocenters. The van der Waals surface area contributed by atoms with E-state index in [1.54, 1.807) is 12.1 Å². The number of rotatable bonds is 9. The molecule has 206 valence electrons. The van der Waals surface area contributed by atoms with E-state index < -0.39 is 6.29 Å². The van der Waals surface area contributed by atoms with Gasteiger partial charge in [-0.05, 0) is 48.0 Å². The Balaban J connectivity index is 1.38. The number of likely N-dealkylation sites (N-methyl/N-ethyl adjacent to an activating group) is 1.